The van der Waals surface area contributed by atoms with Crippen molar-refractivity contribution >= 4 is 17.6 Å². The summed E-state index contributed by atoms with van der Waals surface area (Å²) in [5.74, 6) is -3.11. The molecule has 1 unspecified atom stereocenters. The molecule has 2 atom stereocenters. The third-order valence-corrected chi connectivity index (χ3v) is 6.60. The number of carboxylic acid groups (broad SMARTS) is 1. The number of benzene rings is 2. The number of nitrogens with one attached hydrogen (secondary N) is 1. The average Bonchev–Trinajstić information content (AvgIpc) is 2.84. The van der Waals surface area contributed by atoms with Crippen LogP contribution >= 0.6 is 0 Å². The molecule has 2 aromatic carbocycles. The Hall–Kier alpha value is -3.98. The number of allylic oxidation sites excluding steroid dienone is 2. The summed E-state index contributed by atoms with van der Waals surface area (Å²) in [6.45, 7) is 7.03. The normalized spacial score (nSPS) is 17.4. The molecule has 0 aromatic heterocycles. The van der Waals surface area contributed by atoms with Gasteiger partial charge in [0.25, 0.3) is 5.69 Å². The van der Waals surface area contributed by atoms with Gasteiger partial charge in [-0.1, -0.05) is 56.3 Å². The third-order valence-electron chi connectivity index (χ3n) is 6.60. The van der Waals surface area contributed by atoms with Gasteiger partial charge in [0.2, 0.25) is 0 Å². The fourth-order valence-electron chi connectivity index (χ4n) is 4.67. The summed E-state index contributed by atoms with van der Waals surface area (Å²) in [7, 11) is 1.55. The molecule has 36 heavy (non-hydrogen) atoms. The van der Waals surface area contributed by atoms with E-state index in [2.05, 4.69) is 5.32 Å². The second-order valence-electron chi connectivity index (χ2n) is 8.98. The quantitative estimate of drug-likeness (QED) is 0.293. The highest BCUT2D eigenvalue weighted by Crippen LogP contribution is 2.40. The van der Waals surface area contributed by atoms with E-state index in [1.165, 1.54) is 18.2 Å². The van der Waals surface area contributed by atoms with E-state index in [0.717, 1.165) is 5.56 Å². The predicted molar refractivity (Wildman–Crippen MR) is 133 cm³/mol. The molecular formula is C27H30N2O7. The molecule has 190 valence electrons. The van der Waals surface area contributed by atoms with E-state index in [0.29, 0.717) is 17.0 Å². The Morgan fingerprint density at radius 2 is 1.72 bits per heavy atom. The van der Waals surface area contributed by atoms with E-state index in [9.17, 15) is 24.8 Å². The van der Waals surface area contributed by atoms with E-state index < -0.39 is 28.4 Å². The molecule has 0 amide bonds. The Balaban J connectivity index is 2.05. The fourth-order valence-corrected chi connectivity index (χ4v) is 4.67. The van der Waals surface area contributed by atoms with E-state index >= 15 is 0 Å². The van der Waals surface area contributed by atoms with Gasteiger partial charge in [-0.3, -0.25) is 10.1 Å². The molecule has 1 aliphatic rings. The zero-order valence-corrected chi connectivity index (χ0v) is 20.9. The van der Waals surface area contributed by atoms with Crippen LogP contribution in [0.1, 0.15) is 44.7 Å². The minimum atomic E-state index is -1.24. The number of dihydropyridines is 1. The molecule has 3 rings (SSSR count). The van der Waals surface area contributed by atoms with Crippen molar-refractivity contribution in [3.8, 4) is 0 Å². The maximum atomic E-state index is 13.6. The minimum Gasteiger partial charge on any atom is -0.478 e. The Morgan fingerprint density at radius 3 is 2.28 bits per heavy atom. The second-order valence-corrected chi connectivity index (χ2v) is 8.98. The van der Waals surface area contributed by atoms with E-state index in [4.69, 9.17) is 9.47 Å². The Bertz CT molecular complexity index is 1230. The number of carbonyl (C=O) groups excluding carboxylic acids is 1. The number of non-ortho nitro benzene ring substituents is 1. The highest BCUT2D eigenvalue weighted by atomic mass is 16.6. The summed E-state index contributed by atoms with van der Waals surface area (Å²) in [6, 6.07) is 15.0. The lowest BCUT2D eigenvalue weighted by atomic mass is 9.80. The molecule has 0 saturated carbocycles. The number of carbonyl (C=O) groups is 2. The summed E-state index contributed by atoms with van der Waals surface area (Å²) in [5.41, 5.74) is 0.727. The Labute approximate surface area is 209 Å². The number of rotatable bonds is 9. The molecule has 1 heterocycles. The zero-order valence-electron chi connectivity index (χ0n) is 20.9. The van der Waals surface area contributed by atoms with Crippen molar-refractivity contribution in [2.24, 2.45) is 5.92 Å². The van der Waals surface area contributed by atoms with Crippen molar-refractivity contribution in [1.29, 1.82) is 0 Å². The maximum Gasteiger partial charge on any atom is 0.336 e. The first-order valence-electron chi connectivity index (χ1n) is 11.5. The lowest BCUT2D eigenvalue weighted by molar-refractivity contribution is -0.384. The summed E-state index contributed by atoms with van der Waals surface area (Å²) >= 11 is 0. The summed E-state index contributed by atoms with van der Waals surface area (Å²) in [6.07, 6.45) is 0. The first-order valence-corrected chi connectivity index (χ1v) is 11.5. The van der Waals surface area contributed by atoms with Crippen LogP contribution in [-0.4, -0.2) is 35.7 Å². The molecule has 0 radical (unpaired) electrons. The van der Waals surface area contributed by atoms with Crippen LogP contribution in [0, 0.1) is 16.0 Å². The van der Waals surface area contributed by atoms with Gasteiger partial charge in [-0.25, -0.2) is 9.59 Å². The van der Waals surface area contributed by atoms with Crippen LogP contribution in [0.3, 0.4) is 0 Å². The highest BCUT2D eigenvalue weighted by molar-refractivity contribution is 5.99. The van der Waals surface area contributed by atoms with Crippen LogP contribution < -0.4 is 5.32 Å². The third kappa shape index (κ3) is 5.01. The molecule has 2 aromatic rings. The zero-order chi connectivity index (χ0) is 26.6. The molecule has 9 nitrogen and oxygen atoms in total. The van der Waals surface area contributed by atoms with Crippen molar-refractivity contribution in [3.05, 3.63) is 98.4 Å². The maximum absolute atomic E-state index is 13.6. The van der Waals surface area contributed by atoms with Crippen LogP contribution in [-0.2, 0) is 24.7 Å². The summed E-state index contributed by atoms with van der Waals surface area (Å²) in [4.78, 5) is 36.7. The van der Waals surface area contributed by atoms with Gasteiger partial charge in [-0.05, 0) is 30.9 Å². The molecule has 1 aliphatic heterocycles. The fraction of sp³-hybridized carbons (Fsp3) is 0.333. The standard InChI is InChI=1S/C27H30N2O7/c1-16(2)27(35-5,20-11-7-6-8-12-20)15-36-26(32)23-18(4)28-17(3)22(25(30)31)24(23)19-10-9-13-21(14-19)29(33)34/h6-14,16,24,28H,15H2,1-5H3,(H,30,31)/t24?,27-/m0/s1. The van der Waals surface area contributed by atoms with Crippen molar-refractivity contribution in [3.63, 3.8) is 0 Å². The van der Waals surface area contributed by atoms with Crippen LogP contribution in [0.15, 0.2) is 77.1 Å². The molecule has 0 saturated heterocycles. The van der Waals surface area contributed by atoms with Crippen molar-refractivity contribution < 1.29 is 29.1 Å². The lowest BCUT2D eigenvalue weighted by Gasteiger charge is -2.37. The van der Waals surface area contributed by atoms with Crippen molar-refractivity contribution in [2.75, 3.05) is 13.7 Å². The van der Waals surface area contributed by atoms with Gasteiger partial charge in [0.15, 0.2) is 0 Å². The van der Waals surface area contributed by atoms with Crippen LogP contribution in [0.25, 0.3) is 0 Å². The van der Waals surface area contributed by atoms with Crippen LogP contribution in [0.5, 0.6) is 0 Å². The van der Waals surface area contributed by atoms with Gasteiger partial charge < -0.3 is 19.9 Å². The molecule has 2 N–H and O–H groups in total. The smallest absolute Gasteiger partial charge is 0.336 e. The van der Waals surface area contributed by atoms with Gasteiger partial charge in [0.1, 0.15) is 12.2 Å². The molecule has 0 fully saturated rings. The molecule has 9 heteroatoms. The SMILES string of the molecule is CO[C@](COC(=O)C1=C(C)NC(C)=C(C(=O)O)C1c1cccc([N+](=O)[O-])c1)(c1ccccc1)C(C)C. The Kier molecular flexibility index (Phi) is 7.94. The number of carboxylic acids is 1. The first kappa shape index (κ1) is 26.6. The second kappa shape index (κ2) is 10.7. The van der Waals surface area contributed by atoms with E-state index in [1.807, 2.05) is 44.2 Å². The molecule has 0 bridgehead atoms. The lowest BCUT2D eigenvalue weighted by Crippen LogP contribution is -2.41. The number of nitrogens with zero attached hydrogens (tertiary/aromatic N) is 1. The van der Waals surface area contributed by atoms with E-state index in [1.54, 1.807) is 27.0 Å². The van der Waals surface area contributed by atoms with Crippen molar-refractivity contribution in [1.82, 2.24) is 5.32 Å². The largest absolute Gasteiger partial charge is 0.478 e. The van der Waals surface area contributed by atoms with Gasteiger partial charge in [-0.15, -0.1) is 0 Å². The summed E-state index contributed by atoms with van der Waals surface area (Å²) in [5, 5.41) is 24.3. The first-order chi connectivity index (χ1) is 17.0. The number of hydrogen-bond donors (Lipinski definition) is 2. The molecular weight excluding hydrogens is 464 g/mol. The highest BCUT2D eigenvalue weighted by Gasteiger charge is 2.41. The van der Waals surface area contributed by atoms with Crippen molar-refractivity contribution in [2.45, 2.75) is 39.2 Å². The number of methoxy groups -OCH3 is 1. The monoisotopic (exact) mass is 494 g/mol. The van der Waals surface area contributed by atoms with Gasteiger partial charge >= 0.3 is 11.9 Å². The number of esters is 1. The van der Waals surface area contributed by atoms with Gasteiger partial charge in [0, 0.05) is 30.6 Å². The van der Waals surface area contributed by atoms with Gasteiger partial charge in [-0.2, -0.15) is 0 Å². The number of hydrogen-bond acceptors (Lipinski definition) is 7. The number of nitro groups is 1. The number of ether oxygens (including phenoxy) is 2. The molecule has 0 aliphatic carbocycles. The Morgan fingerprint density at radius 1 is 1.08 bits per heavy atom. The minimum absolute atomic E-state index is 0.0680. The number of aliphatic carboxylic acids is 1. The van der Waals surface area contributed by atoms with Crippen LogP contribution in [0.2, 0.25) is 0 Å². The summed E-state index contributed by atoms with van der Waals surface area (Å²) < 4.78 is 11.7. The van der Waals surface area contributed by atoms with Crippen LogP contribution in [0.4, 0.5) is 5.69 Å². The average molecular weight is 495 g/mol. The van der Waals surface area contributed by atoms with Gasteiger partial charge in [0.05, 0.1) is 22.0 Å². The molecule has 0 spiro atoms. The van der Waals surface area contributed by atoms with E-state index in [-0.39, 0.29) is 29.4 Å². The predicted octanol–water partition coefficient (Wildman–Crippen LogP) is 4.66. The topological polar surface area (TPSA) is 128 Å². The number of nitro benzene ring substituents is 1.